The number of aromatic nitrogens is 2. The summed E-state index contributed by atoms with van der Waals surface area (Å²) in [5.41, 5.74) is 10.7. The van der Waals surface area contributed by atoms with E-state index in [1.807, 2.05) is 24.3 Å². The number of para-hydroxylation sites is 2. The standard InChI is InChI=1S/C46H25N3OS/c1-47-30-15-10-14-29(24-30)45-48-42-31-16-4-9-23-40(31)51-44(42)43(49-45)32-17-11-20-36-41(32)33-25-27-12-2-3-13-28(27)26-37(33)46(36)34-18-5-7-21-38(34)50-39-22-8-6-19-35(39)46/h2-26H. The molecule has 0 bridgehead atoms. The van der Waals surface area contributed by atoms with Crippen molar-refractivity contribution in [1.82, 2.24) is 9.97 Å². The highest BCUT2D eigenvalue weighted by Crippen LogP contribution is 2.64. The van der Waals surface area contributed by atoms with Crippen LogP contribution in [0, 0.1) is 6.57 Å². The van der Waals surface area contributed by atoms with Gasteiger partial charge in [0.15, 0.2) is 11.5 Å². The van der Waals surface area contributed by atoms with Crippen molar-refractivity contribution in [3.05, 3.63) is 185 Å². The SMILES string of the molecule is [C-]#[N+]c1cccc(-c2nc(-c3cccc4c3-c3cc5ccccc5cc3C43c4ccccc4Oc4ccccc43)c3sc4ccccc4c3n2)c1. The Kier molecular flexibility index (Phi) is 5.79. The molecular formula is C46H25N3OS. The van der Waals surface area contributed by atoms with E-state index in [0.717, 1.165) is 59.7 Å². The topological polar surface area (TPSA) is 39.4 Å². The molecule has 3 heterocycles. The van der Waals surface area contributed by atoms with E-state index >= 15 is 0 Å². The number of nitrogens with zero attached hydrogens (tertiary/aromatic N) is 3. The zero-order valence-corrected chi connectivity index (χ0v) is 27.9. The number of benzene rings is 7. The molecule has 2 aliphatic rings. The van der Waals surface area contributed by atoms with E-state index in [-0.39, 0.29) is 0 Å². The van der Waals surface area contributed by atoms with Crippen LogP contribution in [0.1, 0.15) is 22.3 Å². The molecule has 0 amide bonds. The van der Waals surface area contributed by atoms with E-state index in [1.54, 1.807) is 11.3 Å². The number of hydrogen-bond acceptors (Lipinski definition) is 4. The Morgan fingerprint density at radius 2 is 1.27 bits per heavy atom. The maximum Gasteiger partial charge on any atom is 0.187 e. The van der Waals surface area contributed by atoms with Gasteiger partial charge in [-0.2, -0.15) is 0 Å². The van der Waals surface area contributed by atoms with Crippen LogP contribution in [-0.4, -0.2) is 9.97 Å². The van der Waals surface area contributed by atoms with Crippen molar-refractivity contribution in [1.29, 1.82) is 0 Å². The number of rotatable bonds is 2. The molecule has 1 aliphatic carbocycles. The minimum absolute atomic E-state index is 0.563. The molecule has 5 heteroatoms. The van der Waals surface area contributed by atoms with Crippen LogP contribution in [0.15, 0.2) is 152 Å². The zero-order chi connectivity index (χ0) is 33.7. The van der Waals surface area contributed by atoms with E-state index in [4.69, 9.17) is 21.3 Å². The van der Waals surface area contributed by atoms with Crippen molar-refractivity contribution in [3.8, 4) is 45.3 Å². The minimum Gasteiger partial charge on any atom is -0.457 e. The van der Waals surface area contributed by atoms with Gasteiger partial charge in [-0.1, -0.05) is 115 Å². The van der Waals surface area contributed by atoms with E-state index in [2.05, 4.69) is 132 Å². The Morgan fingerprint density at radius 3 is 2.08 bits per heavy atom. The third-order valence-electron chi connectivity index (χ3n) is 10.5. The molecule has 2 aromatic heterocycles. The summed E-state index contributed by atoms with van der Waals surface area (Å²) in [5, 5.41) is 3.49. The van der Waals surface area contributed by atoms with Gasteiger partial charge in [-0.15, -0.1) is 11.3 Å². The van der Waals surface area contributed by atoms with Crippen molar-refractivity contribution in [2.75, 3.05) is 0 Å². The Hall–Kier alpha value is -6.61. The average Bonchev–Trinajstić information content (AvgIpc) is 3.70. The fraction of sp³-hybridized carbons (Fsp3) is 0.0217. The largest absolute Gasteiger partial charge is 0.457 e. The van der Waals surface area contributed by atoms with E-state index in [0.29, 0.717) is 11.5 Å². The Bertz CT molecular complexity index is 2940. The van der Waals surface area contributed by atoms with Gasteiger partial charge in [0.05, 0.1) is 27.9 Å². The first-order valence-corrected chi connectivity index (χ1v) is 17.8. The van der Waals surface area contributed by atoms with E-state index < -0.39 is 5.41 Å². The van der Waals surface area contributed by atoms with Gasteiger partial charge in [-0.25, -0.2) is 14.8 Å². The fourth-order valence-corrected chi connectivity index (χ4v) is 9.59. The monoisotopic (exact) mass is 667 g/mol. The summed E-state index contributed by atoms with van der Waals surface area (Å²) in [5.74, 6) is 2.34. The average molecular weight is 668 g/mol. The quantitative estimate of drug-likeness (QED) is 0.172. The number of hydrogen-bond donors (Lipinski definition) is 0. The van der Waals surface area contributed by atoms with Crippen molar-refractivity contribution >= 4 is 48.1 Å². The first-order valence-electron chi connectivity index (χ1n) is 16.9. The first kappa shape index (κ1) is 28.3. The highest BCUT2D eigenvalue weighted by molar-refractivity contribution is 7.26. The predicted octanol–water partition coefficient (Wildman–Crippen LogP) is 12.4. The van der Waals surface area contributed by atoms with Gasteiger partial charge in [0.25, 0.3) is 0 Å². The van der Waals surface area contributed by atoms with Gasteiger partial charge in [0, 0.05) is 32.3 Å². The molecule has 0 saturated carbocycles. The van der Waals surface area contributed by atoms with Crippen LogP contribution in [-0.2, 0) is 5.41 Å². The highest BCUT2D eigenvalue weighted by Gasteiger charge is 2.52. The summed E-state index contributed by atoms with van der Waals surface area (Å²) in [4.78, 5) is 14.3. The Morgan fingerprint density at radius 1 is 0.588 bits per heavy atom. The van der Waals surface area contributed by atoms with Crippen molar-refractivity contribution in [2.24, 2.45) is 0 Å². The van der Waals surface area contributed by atoms with Crippen molar-refractivity contribution in [3.63, 3.8) is 0 Å². The second-order valence-corrected chi connectivity index (χ2v) is 14.2. The Labute approximate surface area is 297 Å². The molecule has 0 saturated heterocycles. The lowest BCUT2D eigenvalue weighted by Gasteiger charge is -2.39. The van der Waals surface area contributed by atoms with Gasteiger partial charge in [-0.05, 0) is 69.4 Å². The maximum atomic E-state index is 7.68. The number of fused-ring (bicyclic) bond motifs is 13. The molecule has 7 aromatic carbocycles. The van der Waals surface area contributed by atoms with E-state index in [1.165, 1.54) is 33.0 Å². The van der Waals surface area contributed by atoms with Crippen LogP contribution in [0.25, 0.3) is 69.7 Å². The van der Waals surface area contributed by atoms with Crippen molar-refractivity contribution in [2.45, 2.75) is 5.41 Å². The lowest BCUT2D eigenvalue weighted by atomic mass is 9.66. The van der Waals surface area contributed by atoms with Gasteiger partial charge < -0.3 is 4.74 Å². The summed E-state index contributed by atoms with van der Waals surface area (Å²) < 4.78 is 8.84. The smallest absolute Gasteiger partial charge is 0.187 e. The number of thiophene rings is 1. The van der Waals surface area contributed by atoms with Crippen LogP contribution in [0.3, 0.4) is 0 Å². The van der Waals surface area contributed by atoms with Gasteiger partial charge in [0.1, 0.15) is 11.5 Å². The summed E-state index contributed by atoms with van der Waals surface area (Å²) in [7, 11) is 0. The molecule has 236 valence electrons. The molecule has 0 N–H and O–H groups in total. The van der Waals surface area contributed by atoms with Gasteiger partial charge in [-0.3, -0.25) is 0 Å². The molecule has 9 aromatic rings. The molecule has 1 spiro atoms. The third-order valence-corrected chi connectivity index (χ3v) is 11.7. The first-order chi connectivity index (χ1) is 25.2. The summed E-state index contributed by atoms with van der Waals surface area (Å²) in [6.45, 7) is 7.68. The molecule has 4 nitrogen and oxygen atoms in total. The molecule has 0 fully saturated rings. The maximum absolute atomic E-state index is 7.68. The van der Waals surface area contributed by atoms with Crippen LogP contribution < -0.4 is 4.74 Å². The molecule has 0 unspecified atom stereocenters. The van der Waals surface area contributed by atoms with Gasteiger partial charge in [0.2, 0.25) is 0 Å². The summed E-state index contributed by atoms with van der Waals surface area (Å²) >= 11 is 1.73. The second-order valence-electron chi connectivity index (χ2n) is 13.2. The number of ether oxygens (including phenoxy) is 1. The zero-order valence-electron chi connectivity index (χ0n) is 27.1. The highest BCUT2D eigenvalue weighted by atomic mass is 32.1. The third kappa shape index (κ3) is 3.83. The van der Waals surface area contributed by atoms with Crippen LogP contribution in [0.5, 0.6) is 11.5 Å². The molecule has 51 heavy (non-hydrogen) atoms. The fourth-order valence-electron chi connectivity index (χ4n) is 8.45. The van der Waals surface area contributed by atoms with Gasteiger partial charge >= 0.3 is 0 Å². The lowest BCUT2D eigenvalue weighted by molar-refractivity contribution is 0.436. The van der Waals surface area contributed by atoms with Crippen LogP contribution >= 0.6 is 11.3 Å². The second kappa shape index (κ2) is 10.4. The van der Waals surface area contributed by atoms with Crippen LogP contribution in [0.2, 0.25) is 0 Å². The predicted molar refractivity (Wildman–Crippen MR) is 207 cm³/mol. The minimum atomic E-state index is -0.616. The molecule has 0 radical (unpaired) electrons. The summed E-state index contributed by atoms with van der Waals surface area (Å²) in [6.07, 6.45) is 0. The van der Waals surface area contributed by atoms with Crippen molar-refractivity contribution < 1.29 is 4.74 Å². The lowest BCUT2D eigenvalue weighted by Crippen LogP contribution is -2.32. The molecular weight excluding hydrogens is 643 g/mol. The molecule has 0 atom stereocenters. The Balaban J connectivity index is 1.31. The molecule has 1 aliphatic heterocycles. The van der Waals surface area contributed by atoms with Crippen LogP contribution in [0.4, 0.5) is 5.69 Å². The molecule has 11 rings (SSSR count). The van der Waals surface area contributed by atoms with E-state index in [9.17, 15) is 0 Å². The normalized spacial score (nSPS) is 13.4. The summed E-state index contributed by atoms with van der Waals surface area (Å²) in [6, 6.07) is 53.1.